The van der Waals surface area contributed by atoms with Crippen LogP contribution in [0.15, 0.2) is 29.2 Å². The Morgan fingerprint density at radius 2 is 1.96 bits per heavy atom. The average molecular weight is 366 g/mol. The monoisotopic (exact) mass is 366 g/mol. The normalized spacial score (nSPS) is 28.0. The summed E-state index contributed by atoms with van der Waals surface area (Å²) in [6.07, 6.45) is 0.875. The number of sulfone groups is 1. The average Bonchev–Trinajstić information content (AvgIpc) is 2.57. The van der Waals surface area contributed by atoms with Crippen LogP contribution >= 0.6 is 0 Å². The number of carboxylic acids is 1. The number of piperidine rings is 1. The topological polar surface area (TPSA) is 104 Å². The van der Waals surface area contributed by atoms with Crippen LogP contribution in [0.5, 0.6) is 0 Å². The fourth-order valence-electron chi connectivity index (χ4n) is 3.68. The summed E-state index contributed by atoms with van der Waals surface area (Å²) in [6.45, 7) is 2.61. The molecule has 3 unspecified atom stereocenters. The zero-order valence-corrected chi connectivity index (χ0v) is 14.8. The summed E-state index contributed by atoms with van der Waals surface area (Å²) in [5.41, 5.74) is 0.599. The summed E-state index contributed by atoms with van der Waals surface area (Å²) in [5.74, 6) is -1.35. The number of nitrogens with zero attached hydrogens (tertiary/aromatic N) is 1. The van der Waals surface area contributed by atoms with Crippen LogP contribution in [0.2, 0.25) is 0 Å². The highest BCUT2D eigenvalue weighted by atomic mass is 32.2. The molecule has 0 bridgehead atoms. The van der Waals surface area contributed by atoms with Crippen molar-refractivity contribution in [3.63, 3.8) is 0 Å². The number of rotatable bonds is 2. The van der Waals surface area contributed by atoms with Crippen LogP contribution in [0.3, 0.4) is 0 Å². The zero-order chi connectivity index (χ0) is 18.2. The maximum absolute atomic E-state index is 12.6. The predicted octanol–water partition coefficient (Wildman–Crippen LogP) is 1.66. The van der Waals surface area contributed by atoms with Crippen LogP contribution in [-0.4, -0.2) is 49.3 Å². The van der Waals surface area contributed by atoms with Crippen molar-refractivity contribution in [2.75, 3.05) is 18.8 Å². The molecule has 2 N–H and O–H groups in total. The van der Waals surface area contributed by atoms with Crippen molar-refractivity contribution >= 4 is 21.8 Å². The first-order valence-corrected chi connectivity index (χ1v) is 10.0. The summed E-state index contributed by atoms with van der Waals surface area (Å²) in [6, 6.07) is 5.99. The highest BCUT2D eigenvalue weighted by molar-refractivity contribution is 7.91. The molecule has 7 nitrogen and oxygen atoms in total. The van der Waals surface area contributed by atoms with Crippen molar-refractivity contribution in [2.24, 2.45) is 11.8 Å². The predicted molar refractivity (Wildman–Crippen MR) is 90.9 cm³/mol. The molecular weight excluding hydrogens is 344 g/mol. The van der Waals surface area contributed by atoms with Crippen LogP contribution < -0.4 is 5.32 Å². The van der Waals surface area contributed by atoms with Gasteiger partial charge in [0.25, 0.3) is 0 Å². The van der Waals surface area contributed by atoms with E-state index in [9.17, 15) is 23.1 Å². The van der Waals surface area contributed by atoms with Gasteiger partial charge < -0.3 is 15.3 Å². The Labute approximate surface area is 146 Å². The molecule has 0 aliphatic carbocycles. The first-order chi connectivity index (χ1) is 11.8. The molecule has 8 heteroatoms. The van der Waals surface area contributed by atoms with Gasteiger partial charge in [-0.2, -0.15) is 0 Å². The molecular formula is C17H22N2O5S. The maximum atomic E-state index is 12.6. The van der Waals surface area contributed by atoms with Crippen LogP contribution in [0.25, 0.3) is 0 Å². The number of aliphatic carboxylic acids is 1. The fraction of sp³-hybridized carbons (Fsp3) is 0.529. The molecule has 2 amide bonds. The van der Waals surface area contributed by atoms with E-state index in [0.717, 1.165) is 0 Å². The Morgan fingerprint density at radius 1 is 1.24 bits per heavy atom. The Kier molecular flexibility index (Phi) is 4.73. The number of carbonyl (C=O) groups excluding carboxylic acids is 1. The Morgan fingerprint density at radius 3 is 2.68 bits per heavy atom. The molecule has 0 radical (unpaired) electrons. The number of nitrogens with one attached hydrogen (secondary N) is 1. The molecule has 3 rings (SSSR count). The number of fused-ring (bicyclic) bond motifs is 1. The lowest BCUT2D eigenvalue weighted by Crippen LogP contribution is -2.50. The van der Waals surface area contributed by atoms with Crippen molar-refractivity contribution < 1.29 is 23.1 Å². The van der Waals surface area contributed by atoms with Crippen molar-refractivity contribution in [2.45, 2.75) is 30.7 Å². The van der Waals surface area contributed by atoms with Crippen LogP contribution in [0.1, 0.15) is 31.4 Å². The quantitative estimate of drug-likeness (QED) is 0.828. The number of hydrogen-bond donors (Lipinski definition) is 2. The molecule has 1 aromatic rings. The van der Waals surface area contributed by atoms with Crippen LogP contribution in [-0.2, 0) is 14.6 Å². The van der Waals surface area contributed by atoms with E-state index in [1.54, 1.807) is 24.3 Å². The lowest BCUT2D eigenvalue weighted by molar-refractivity contribution is -0.143. The summed E-state index contributed by atoms with van der Waals surface area (Å²) < 4.78 is 24.4. The molecule has 2 heterocycles. The van der Waals surface area contributed by atoms with E-state index in [1.165, 1.54) is 4.90 Å². The summed E-state index contributed by atoms with van der Waals surface area (Å²) in [5, 5.41) is 12.1. The van der Waals surface area contributed by atoms with Crippen molar-refractivity contribution in [1.82, 2.24) is 10.2 Å². The van der Waals surface area contributed by atoms with Gasteiger partial charge in [-0.15, -0.1) is 0 Å². The van der Waals surface area contributed by atoms with E-state index >= 15 is 0 Å². The molecule has 3 atom stereocenters. The van der Waals surface area contributed by atoms with Gasteiger partial charge in [0, 0.05) is 13.1 Å². The minimum atomic E-state index is -3.31. The smallest absolute Gasteiger partial charge is 0.317 e. The molecule has 2 aliphatic heterocycles. The highest BCUT2D eigenvalue weighted by Gasteiger charge is 2.35. The third-order valence-corrected chi connectivity index (χ3v) is 6.71. The van der Waals surface area contributed by atoms with Crippen LogP contribution in [0.4, 0.5) is 4.79 Å². The first kappa shape index (κ1) is 17.7. The number of benzene rings is 1. The molecule has 2 aliphatic rings. The summed E-state index contributed by atoms with van der Waals surface area (Å²) >= 11 is 0. The molecule has 1 fully saturated rings. The third kappa shape index (κ3) is 3.63. The van der Waals surface area contributed by atoms with Gasteiger partial charge in [-0.3, -0.25) is 4.79 Å². The maximum Gasteiger partial charge on any atom is 0.317 e. The minimum Gasteiger partial charge on any atom is -0.481 e. The molecule has 25 heavy (non-hydrogen) atoms. The van der Waals surface area contributed by atoms with E-state index in [4.69, 9.17) is 0 Å². The van der Waals surface area contributed by atoms with Crippen molar-refractivity contribution in [3.8, 4) is 0 Å². The highest BCUT2D eigenvalue weighted by Crippen LogP contribution is 2.32. The van der Waals surface area contributed by atoms with Crippen LogP contribution in [0, 0.1) is 11.8 Å². The number of urea groups is 1. The lowest BCUT2D eigenvalue weighted by Gasteiger charge is -2.36. The molecule has 1 aromatic carbocycles. The largest absolute Gasteiger partial charge is 0.481 e. The fourth-order valence-corrected chi connectivity index (χ4v) is 5.30. The number of carbonyl (C=O) groups is 2. The molecule has 0 saturated carbocycles. The zero-order valence-electron chi connectivity index (χ0n) is 14.0. The van der Waals surface area contributed by atoms with E-state index in [1.807, 2.05) is 6.92 Å². The van der Waals surface area contributed by atoms with Gasteiger partial charge in [0.1, 0.15) is 0 Å². The van der Waals surface area contributed by atoms with Gasteiger partial charge in [-0.05, 0) is 30.4 Å². The van der Waals surface area contributed by atoms with E-state index in [-0.39, 0.29) is 35.2 Å². The van der Waals surface area contributed by atoms with E-state index < -0.39 is 21.7 Å². The number of carboxylic acid groups (broad SMARTS) is 1. The molecule has 1 saturated heterocycles. The second-order valence-corrected chi connectivity index (χ2v) is 9.01. The minimum absolute atomic E-state index is 0.0108. The molecule has 0 aromatic heterocycles. The van der Waals surface area contributed by atoms with Gasteiger partial charge in [0.05, 0.1) is 22.6 Å². The first-order valence-electron chi connectivity index (χ1n) is 8.38. The number of likely N-dealkylation sites (tertiary alicyclic amines) is 1. The Hall–Kier alpha value is -2.09. The Bertz CT molecular complexity index is 792. The molecule has 0 spiro atoms. The van der Waals surface area contributed by atoms with Gasteiger partial charge in [-0.25, -0.2) is 13.2 Å². The summed E-state index contributed by atoms with van der Waals surface area (Å²) in [7, 11) is -3.31. The third-order valence-electron chi connectivity index (χ3n) is 4.90. The van der Waals surface area contributed by atoms with Gasteiger partial charge in [0.15, 0.2) is 9.84 Å². The van der Waals surface area contributed by atoms with Crippen molar-refractivity contribution in [1.29, 1.82) is 0 Å². The SMILES string of the molecule is CC1CC(C(=O)O)CN(C(=O)NC2CCS(=O)(=O)c3ccccc32)C1. The second-order valence-electron chi connectivity index (χ2n) is 6.93. The standard InChI is InChI=1S/C17H22N2O5S/c1-11-8-12(16(20)21)10-19(9-11)17(22)18-14-6-7-25(23,24)15-5-3-2-4-13(14)15/h2-5,11-12,14H,6-10H2,1H3,(H,18,22)(H,20,21). The van der Waals surface area contributed by atoms with Crippen molar-refractivity contribution in [3.05, 3.63) is 29.8 Å². The second kappa shape index (κ2) is 6.67. The number of amides is 2. The van der Waals surface area contributed by atoms with Gasteiger partial charge >= 0.3 is 12.0 Å². The Balaban J connectivity index is 1.76. The van der Waals surface area contributed by atoms with Gasteiger partial charge in [0.2, 0.25) is 0 Å². The number of hydrogen-bond acceptors (Lipinski definition) is 4. The molecule has 136 valence electrons. The summed E-state index contributed by atoms with van der Waals surface area (Å²) in [4.78, 5) is 25.7. The van der Waals surface area contributed by atoms with E-state index in [0.29, 0.717) is 24.9 Å². The van der Waals surface area contributed by atoms with E-state index in [2.05, 4.69) is 5.32 Å². The lowest BCUT2D eigenvalue weighted by atomic mass is 9.91. The van der Waals surface area contributed by atoms with Gasteiger partial charge in [-0.1, -0.05) is 25.1 Å².